The number of aromatic hydroxyl groups is 1. The molecule has 172 valence electrons. The first kappa shape index (κ1) is 29.8. The van der Waals surface area contributed by atoms with Crippen LogP contribution in [0.2, 0.25) is 0 Å². The Hall–Kier alpha value is -2.38. The van der Waals surface area contributed by atoms with Crippen molar-refractivity contribution in [1.29, 1.82) is 0 Å². The first-order valence-electron chi connectivity index (χ1n) is 9.00. The summed E-state index contributed by atoms with van der Waals surface area (Å²) in [6, 6.07) is 3.89. The third-order valence-corrected chi connectivity index (χ3v) is 3.90. The number of rotatable bonds is 10. The SMILES string of the molecule is NC(CS)C(=O)O.NC(Cc1ccc(O)cc1)C(=O)O.NCCCCC(N)C(=O)O. The van der Waals surface area contributed by atoms with Gasteiger partial charge in [-0.3, -0.25) is 14.4 Å². The van der Waals surface area contributed by atoms with Gasteiger partial charge in [0.05, 0.1) is 0 Å². The van der Waals surface area contributed by atoms with E-state index in [1.54, 1.807) is 12.1 Å². The van der Waals surface area contributed by atoms with E-state index < -0.39 is 36.0 Å². The highest BCUT2D eigenvalue weighted by Gasteiger charge is 2.11. The Kier molecular flexibility index (Phi) is 17.4. The summed E-state index contributed by atoms with van der Waals surface area (Å²) in [6.07, 6.45) is 2.44. The van der Waals surface area contributed by atoms with Gasteiger partial charge < -0.3 is 43.4 Å². The maximum Gasteiger partial charge on any atom is 0.321 e. The van der Waals surface area contributed by atoms with Gasteiger partial charge in [-0.2, -0.15) is 12.6 Å². The van der Waals surface area contributed by atoms with Gasteiger partial charge in [-0.25, -0.2) is 0 Å². The first-order chi connectivity index (χ1) is 14.0. The van der Waals surface area contributed by atoms with Crippen molar-refractivity contribution in [1.82, 2.24) is 0 Å². The summed E-state index contributed by atoms with van der Waals surface area (Å²) in [4.78, 5) is 30.3. The van der Waals surface area contributed by atoms with Crippen LogP contribution in [-0.2, 0) is 20.8 Å². The Morgan fingerprint density at radius 1 is 0.833 bits per heavy atom. The lowest BCUT2D eigenvalue weighted by molar-refractivity contribution is -0.139. The molecule has 0 saturated carbocycles. The zero-order valence-electron chi connectivity index (χ0n) is 16.6. The van der Waals surface area contributed by atoms with Crippen LogP contribution in [0.15, 0.2) is 24.3 Å². The lowest BCUT2D eigenvalue weighted by atomic mass is 10.1. The summed E-state index contributed by atoms with van der Waals surface area (Å²) in [6.45, 7) is 0.604. The van der Waals surface area contributed by atoms with E-state index in [0.29, 0.717) is 13.0 Å². The zero-order chi connectivity index (χ0) is 23.7. The zero-order valence-corrected chi connectivity index (χ0v) is 17.4. The lowest BCUT2D eigenvalue weighted by Crippen LogP contribution is -2.32. The van der Waals surface area contributed by atoms with Crippen LogP contribution in [0.25, 0.3) is 0 Å². The van der Waals surface area contributed by atoms with Crippen molar-refractivity contribution in [3.63, 3.8) is 0 Å². The van der Waals surface area contributed by atoms with E-state index in [0.717, 1.165) is 18.4 Å². The molecular weight excluding hydrogens is 416 g/mol. The van der Waals surface area contributed by atoms with Crippen LogP contribution in [0.3, 0.4) is 0 Å². The highest BCUT2D eigenvalue weighted by molar-refractivity contribution is 7.80. The van der Waals surface area contributed by atoms with Gasteiger partial charge in [0.15, 0.2) is 0 Å². The van der Waals surface area contributed by atoms with Crippen molar-refractivity contribution in [3.8, 4) is 5.75 Å². The van der Waals surface area contributed by atoms with Gasteiger partial charge in [0, 0.05) is 5.75 Å². The van der Waals surface area contributed by atoms with Crippen molar-refractivity contribution in [2.75, 3.05) is 12.3 Å². The molecule has 0 bridgehead atoms. The Morgan fingerprint density at radius 2 is 1.30 bits per heavy atom. The van der Waals surface area contributed by atoms with E-state index in [2.05, 4.69) is 12.6 Å². The second-order valence-corrected chi connectivity index (χ2v) is 6.54. The standard InChI is InChI=1S/C9H11NO3.C6H14N2O2.C3H7NO2S/c10-8(9(12)13)5-6-1-3-7(11)4-2-6;7-4-2-1-3-5(8)6(9)10;4-2(1-7)3(5)6/h1-4,8,11H,5,10H2,(H,12,13);5H,1-4,7-8H2,(H,9,10);2,7H,1,4H2,(H,5,6). The molecule has 11 nitrogen and oxygen atoms in total. The Labute approximate surface area is 180 Å². The smallest absolute Gasteiger partial charge is 0.321 e. The molecule has 0 radical (unpaired) electrons. The van der Waals surface area contributed by atoms with Crippen LogP contribution in [0, 0.1) is 0 Å². The van der Waals surface area contributed by atoms with E-state index >= 15 is 0 Å². The maximum atomic E-state index is 10.4. The number of phenolic OH excluding ortho intramolecular Hbond substituents is 1. The molecule has 12 N–H and O–H groups in total. The van der Waals surface area contributed by atoms with Gasteiger partial charge in [-0.1, -0.05) is 18.6 Å². The fraction of sp³-hybridized carbons (Fsp3) is 0.500. The van der Waals surface area contributed by atoms with Gasteiger partial charge in [-0.05, 0) is 43.5 Å². The molecule has 1 aromatic carbocycles. The number of hydrogen-bond donors (Lipinski definition) is 9. The molecule has 12 heteroatoms. The average Bonchev–Trinajstić information content (AvgIpc) is 2.69. The van der Waals surface area contributed by atoms with Gasteiger partial charge in [0.2, 0.25) is 0 Å². The number of carboxylic acid groups (broad SMARTS) is 3. The molecule has 0 aliphatic rings. The third kappa shape index (κ3) is 16.6. The summed E-state index contributed by atoms with van der Waals surface area (Å²) in [5, 5.41) is 33.8. The van der Waals surface area contributed by atoms with Crippen LogP contribution < -0.4 is 22.9 Å². The van der Waals surface area contributed by atoms with Crippen molar-refractivity contribution in [2.45, 2.75) is 43.8 Å². The highest BCUT2D eigenvalue weighted by Crippen LogP contribution is 2.10. The molecule has 0 fully saturated rings. The number of nitrogens with two attached hydrogens (primary N) is 4. The van der Waals surface area contributed by atoms with E-state index in [9.17, 15) is 14.4 Å². The summed E-state index contributed by atoms with van der Waals surface area (Å²) in [5.41, 5.74) is 21.5. The molecule has 30 heavy (non-hydrogen) atoms. The van der Waals surface area contributed by atoms with Gasteiger partial charge in [0.1, 0.15) is 23.9 Å². The van der Waals surface area contributed by atoms with Crippen molar-refractivity contribution in [2.24, 2.45) is 22.9 Å². The molecular formula is C18H32N4O7S. The number of aliphatic carboxylic acids is 3. The molecule has 1 aromatic rings. The Balaban J connectivity index is 0. The molecule has 0 aliphatic carbocycles. The van der Waals surface area contributed by atoms with Crippen molar-refractivity contribution >= 4 is 30.5 Å². The lowest BCUT2D eigenvalue weighted by Gasteiger charge is -2.05. The van der Waals surface area contributed by atoms with Crippen LogP contribution in [0.1, 0.15) is 24.8 Å². The quantitative estimate of drug-likeness (QED) is 0.159. The van der Waals surface area contributed by atoms with Gasteiger partial charge >= 0.3 is 17.9 Å². The predicted octanol–water partition coefficient (Wildman–Crippen LogP) is -0.798. The van der Waals surface area contributed by atoms with Crippen molar-refractivity contribution in [3.05, 3.63) is 29.8 Å². The third-order valence-electron chi connectivity index (χ3n) is 3.51. The first-order valence-corrected chi connectivity index (χ1v) is 9.63. The molecule has 0 heterocycles. The molecule has 0 amide bonds. The Morgan fingerprint density at radius 3 is 1.63 bits per heavy atom. The number of carbonyl (C=O) groups is 3. The van der Waals surface area contributed by atoms with E-state index in [4.69, 9.17) is 43.4 Å². The molecule has 1 rings (SSSR count). The summed E-state index contributed by atoms with van der Waals surface area (Å²) in [7, 11) is 0. The van der Waals surface area contributed by atoms with E-state index in [1.165, 1.54) is 12.1 Å². The van der Waals surface area contributed by atoms with Crippen LogP contribution in [0.4, 0.5) is 0 Å². The second kappa shape index (κ2) is 17.5. The minimum atomic E-state index is -1.02. The van der Waals surface area contributed by atoms with Gasteiger partial charge in [-0.15, -0.1) is 0 Å². The van der Waals surface area contributed by atoms with Crippen LogP contribution in [0.5, 0.6) is 5.75 Å². The molecule has 0 aromatic heterocycles. The largest absolute Gasteiger partial charge is 0.508 e. The van der Waals surface area contributed by atoms with Crippen LogP contribution >= 0.6 is 12.6 Å². The summed E-state index contributed by atoms with van der Waals surface area (Å²) < 4.78 is 0. The number of benzene rings is 1. The fourth-order valence-corrected chi connectivity index (χ4v) is 1.84. The maximum absolute atomic E-state index is 10.4. The molecule has 3 unspecified atom stereocenters. The molecule has 0 aliphatic heterocycles. The Bertz CT molecular complexity index is 631. The van der Waals surface area contributed by atoms with E-state index in [-0.39, 0.29) is 17.9 Å². The number of unbranched alkanes of at least 4 members (excludes halogenated alkanes) is 1. The second-order valence-electron chi connectivity index (χ2n) is 6.17. The average molecular weight is 449 g/mol. The number of thiol groups is 1. The van der Waals surface area contributed by atoms with Gasteiger partial charge in [0.25, 0.3) is 0 Å². The highest BCUT2D eigenvalue weighted by atomic mass is 32.1. The fourth-order valence-electron chi connectivity index (χ4n) is 1.68. The predicted molar refractivity (Wildman–Crippen MR) is 115 cm³/mol. The monoisotopic (exact) mass is 448 g/mol. The minimum absolute atomic E-state index is 0.160. The molecule has 0 spiro atoms. The number of hydrogen-bond acceptors (Lipinski definition) is 9. The number of phenols is 1. The topological polar surface area (TPSA) is 236 Å². The molecule has 0 saturated heterocycles. The van der Waals surface area contributed by atoms with Crippen LogP contribution in [-0.4, -0.2) is 68.8 Å². The van der Waals surface area contributed by atoms with E-state index in [1.807, 2.05) is 0 Å². The summed E-state index contributed by atoms with van der Waals surface area (Å²) in [5.74, 6) is -2.61. The summed E-state index contributed by atoms with van der Waals surface area (Å²) >= 11 is 3.65. The minimum Gasteiger partial charge on any atom is -0.508 e. The normalized spacial score (nSPS) is 12.8. The molecule has 3 atom stereocenters. The van der Waals surface area contributed by atoms with Crippen molar-refractivity contribution < 1.29 is 34.8 Å². The number of carboxylic acids is 3.